The Morgan fingerprint density at radius 2 is 2.00 bits per heavy atom. The summed E-state index contributed by atoms with van der Waals surface area (Å²) in [6, 6.07) is -0.822. The molecule has 0 radical (unpaired) electrons. The molecule has 0 bridgehead atoms. The van der Waals surface area contributed by atoms with Gasteiger partial charge in [-0.3, -0.25) is 4.79 Å². The fourth-order valence-corrected chi connectivity index (χ4v) is 2.48. The van der Waals surface area contributed by atoms with Gasteiger partial charge < -0.3 is 20.5 Å². The van der Waals surface area contributed by atoms with Crippen molar-refractivity contribution >= 4 is 12.1 Å². The maximum absolute atomic E-state index is 12.1. The molecule has 1 heterocycles. The third-order valence-electron chi connectivity index (χ3n) is 3.31. The molecule has 19 heavy (non-hydrogen) atoms. The first-order valence-corrected chi connectivity index (χ1v) is 6.65. The van der Waals surface area contributed by atoms with Crippen LogP contribution in [-0.4, -0.2) is 46.3 Å². The predicted octanol–water partition coefficient (Wildman–Crippen LogP) is 1.43. The fourth-order valence-electron chi connectivity index (χ4n) is 2.48. The van der Waals surface area contributed by atoms with Crippen molar-refractivity contribution in [1.29, 1.82) is 0 Å². The van der Waals surface area contributed by atoms with Crippen LogP contribution in [0, 0.1) is 5.92 Å². The van der Waals surface area contributed by atoms with Gasteiger partial charge in [-0.2, -0.15) is 0 Å². The van der Waals surface area contributed by atoms with E-state index >= 15 is 0 Å². The number of piperidine rings is 1. The van der Waals surface area contributed by atoms with E-state index in [1.165, 1.54) is 4.90 Å². The van der Waals surface area contributed by atoms with Crippen LogP contribution >= 0.6 is 0 Å². The minimum atomic E-state index is -0.951. The highest BCUT2D eigenvalue weighted by molar-refractivity contribution is 5.75. The Morgan fingerprint density at radius 1 is 1.42 bits per heavy atom. The van der Waals surface area contributed by atoms with Crippen LogP contribution in [0.25, 0.3) is 0 Å². The van der Waals surface area contributed by atoms with Gasteiger partial charge in [-0.15, -0.1) is 0 Å². The van der Waals surface area contributed by atoms with Crippen LogP contribution in [0.4, 0.5) is 4.79 Å². The van der Waals surface area contributed by atoms with E-state index in [4.69, 9.17) is 10.5 Å². The number of nitrogens with zero attached hydrogens (tertiary/aromatic N) is 1. The molecule has 1 fully saturated rings. The molecule has 110 valence electrons. The van der Waals surface area contributed by atoms with E-state index < -0.39 is 35.7 Å². The number of ether oxygens (including phenoxy) is 1. The van der Waals surface area contributed by atoms with Crippen LogP contribution in [-0.2, 0) is 9.53 Å². The molecule has 3 atom stereocenters. The average molecular weight is 272 g/mol. The molecule has 0 aromatic heterocycles. The standard InChI is InChI=1S/C13H24N2O4/c1-5-9-10(11(16)17)8(14)6-7-15(9)12(18)19-13(2,3)4/h8-10H,5-7,14H2,1-4H3,(H,16,17). The van der Waals surface area contributed by atoms with E-state index in [1.54, 1.807) is 20.8 Å². The van der Waals surface area contributed by atoms with Crippen molar-refractivity contribution in [1.82, 2.24) is 4.90 Å². The van der Waals surface area contributed by atoms with Crippen molar-refractivity contribution in [3.05, 3.63) is 0 Å². The second kappa shape index (κ2) is 5.77. The van der Waals surface area contributed by atoms with Crippen LogP contribution in [0.15, 0.2) is 0 Å². The van der Waals surface area contributed by atoms with E-state index in [1.807, 2.05) is 6.92 Å². The van der Waals surface area contributed by atoms with Gasteiger partial charge in [0.1, 0.15) is 5.60 Å². The Kier molecular flexibility index (Phi) is 4.79. The van der Waals surface area contributed by atoms with Crippen molar-refractivity contribution in [2.24, 2.45) is 11.7 Å². The first-order valence-electron chi connectivity index (χ1n) is 6.65. The second-order valence-corrected chi connectivity index (χ2v) is 5.97. The lowest BCUT2D eigenvalue weighted by atomic mass is 9.84. The van der Waals surface area contributed by atoms with Crippen LogP contribution < -0.4 is 5.73 Å². The third-order valence-corrected chi connectivity index (χ3v) is 3.31. The Morgan fingerprint density at radius 3 is 2.42 bits per heavy atom. The maximum atomic E-state index is 12.1. The Balaban J connectivity index is 2.88. The zero-order valence-corrected chi connectivity index (χ0v) is 12.0. The zero-order valence-electron chi connectivity index (χ0n) is 12.0. The molecule has 3 N–H and O–H groups in total. The summed E-state index contributed by atoms with van der Waals surface area (Å²) in [6.45, 7) is 7.66. The highest BCUT2D eigenvalue weighted by Crippen LogP contribution is 2.27. The molecular weight excluding hydrogens is 248 g/mol. The van der Waals surface area contributed by atoms with Crippen LogP contribution in [0.3, 0.4) is 0 Å². The molecule has 1 saturated heterocycles. The molecule has 1 amide bonds. The highest BCUT2D eigenvalue weighted by Gasteiger charge is 2.43. The molecule has 0 saturated carbocycles. The van der Waals surface area contributed by atoms with Crippen molar-refractivity contribution < 1.29 is 19.4 Å². The summed E-state index contributed by atoms with van der Waals surface area (Å²) >= 11 is 0. The van der Waals surface area contributed by atoms with Gasteiger partial charge in [-0.1, -0.05) is 6.92 Å². The molecule has 3 unspecified atom stereocenters. The Bertz CT molecular complexity index is 351. The molecule has 1 aliphatic rings. The van der Waals surface area contributed by atoms with Gasteiger partial charge in [0, 0.05) is 18.6 Å². The largest absolute Gasteiger partial charge is 0.481 e. The van der Waals surface area contributed by atoms with E-state index in [2.05, 4.69) is 0 Å². The smallest absolute Gasteiger partial charge is 0.410 e. The Labute approximate surface area is 113 Å². The summed E-state index contributed by atoms with van der Waals surface area (Å²) in [5, 5.41) is 9.28. The maximum Gasteiger partial charge on any atom is 0.410 e. The number of carboxylic acid groups (broad SMARTS) is 1. The molecule has 0 aromatic carbocycles. The summed E-state index contributed by atoms with van der Waals surface area (Å²) in [4.78, 5) is 25.0. The van der Waals surface area contributed by atoms with Gasteiger partial charge in [0.05, 0.1) is 5.92 Å². The molecular formula is C13H24N2O4. The Hall–Kier alpha value is -1.30. The minimum Gasteiger partial charge on any atom is -0.481 e. The van der Waals surface area contributed by atoms with E-state index in [-0.39, 0.29) is 0 Å². The lowest BCUT2D eigenvalue weighted by Gasteiger charge is -2.42. The van der Waals surface area contributed by atoms with Gasteiger partial charge in [-0.05, 0) is 33.6 Å². The summed E-state index contributed by atoms with van der Waals surface area (Å²) < 4.78 is 5.33. The van der Waals surface area contributed by atoms with Crippen molar-refractivity contribution in [3.8, 4) is 0 Å². The normalized spacial score (nSPS) is 28.1. The molecule has 6 heteroatoms. The number of carbonyl (C=O) groups excluding carboxylic acids is 1. The summed E-state index contributed by atoms with van der Waals surface area (Å²) in [5.41, 5.74) is 5.29. The van der Waals surface area contributed by atoms with Crippen molar-refractivity contribution in [2.75, 3.05) is 6.54 Å². The molecule has 6 nitrogen and oxygen atoms in total. The highest BCUT2D eigenvalue weighted by atomic mass is 16.6. The molecule has 1 rings (SSSR count). The molecule has 0 aliphatic carbocycles. The summed E-state index contributed by atoms with van der Waals surface area (Å²) in [7, 11) is 0. The SMILES string of the molecule is CCC1C(C(=O)O)C(N)CCN1C(=O)OC(C)(C)C. The van der Waals surface area contributed by atoms with Gasteiger partial charge >= 0.3 is 12.1 Å². The number of rotatable bonds is 2. The monoisotopic (exact) mass is 272 g/mol. The number of carboxylic acids is 1. The third kappa shape index (κ3) is 3.83. The number of amides is 1. The fraction of sp³-hybridized carbons (Fsp3) is 0.846. The van der Waals surface area contributed by atoms with Gasteiger partial charge in [0.2, 0.25) is 0 Å². The number of likely N-dealkylation sites (tertiary alicyclic amines) is 1. The predicted molar refractivity (Wildman–Crippen MR) is 70.7 cm³/mol. The first-order chi connectivity index (χ1) is 8.67. The quantitative estimate of drug-likeness (QED) is 0.793. The van der Waals surface area contributed by atoms with Gasteiger partial charge in [0.15, 0.2) is 0 Å². The second-order valence-electron chi connectivity index (χ2n) is 5.97. The number of carbonyl (C=O) groups is 2. The van der Waals surface area contributed by atoms with Gasteiger partial charge in [0.25, 0.3) is 0 Å². The molecule has 1 aliphatic heterocycles. The lowest BCUT2D eigenvalue weighted by Crippen LogP contribution is -2.58. The molecule has 0 spiro atoms. The van der Waals surface area contributed by atoms with E-state index in [9.17, 15) is 14.7 Å². The first kappa shape index (κ1) is 15.8. The van der Waals surface area contributed by atoms with Crippen LogP contribution in [0.5, 0.6) is 0 Å². The number of hydrogen-bond acceptors (Lipinski definition) is 4. The van der Waals surface area contributed by atoms with Crippen LogP contribution in [0.1, 0.15) is 40.5 Å². The topological polar surface area (TPSA) is 92.9 Å². The van der Waals surface area contributed by atoms with E-state index in [0.29, 0.717) is 19.4 Å². The number of hydrogen-bond donors (Lipinski definition) is 2. The summed E-state index contributed by atoms with van der Waals surface area (Å²) in [6.07, 6.45) is 0.564. The van der Waals surface area contributed by atoms with Crippen LogP contribution in [0.2, 0.25) is 0 Å². The van der Waals surface area contributed by atoms with Gasteiger partial charge in [-0.25, -0.2) is 4.79 Å². The zero-order chi connectivity index (χ0) is 14.8. The average Bonchev–Trinajstić information content (AvgIpc) is 2.25. The van der Waals surface area contributed by atoms with E-state index in [0.717, 1.165) is 0 Å². The van der Waals surface area contributed by atoms with Crippen molar-refractivity contribution in [2.45, 2.75) is 58.2 Å². The number of nitrogens with two attached hydrogens (primary N) is 1. The molecule has 0 aromatic rings. The summed E-state index contributed by atoms with van der Waals surface area (Å²) in [5.74, 6) is -1.68. The number of aliphatic carboxylic acids is 1. The minimum absolute atomic E-state index is 0.406. The van der Waals surface area contributed by atoms with Crippen molar-refractivity contribution in [3.63, 3.8) is 0 Å². The lowest BCUT2D eigenvalue weighted by molar-refractivity contribution is -0.146.